The summed E-state index contributed by atoms with van der Waals surface area (Å²) in [5.41, 5.74) is 0. The van der Waals surface area contributed by atoms with E-state index in [4.69, 9.17) is 4.52 Å². The van der Waals surface area contributed by atoms with Crippen LogP contribution >= 0.6 is 0 Å². The number of hydrogen-bond donors (Lipinski definition) is 1. The molecule has 1 aliphatic heterocycles. The lowest BCUT2D eigenvalue weighted by Crippen LogP contribution is -2.45. The molecule has 6 nitrogen and oxygen atoms in total. The van der Waals surface area contributed by atoms with E-state index in [1.165, 1.54) is 0 Å². The predicted octanol–water partition coefficient (Wildman–Crippen LogP) is 1.50. The molecule has 1 saturated carbocycles. The highest BCUT2D eigenvalue weighted by Gasteiger charge is 2.28. The number of aryl methyl sites for hydroxylation is 1. The number of hydrogen-bond acceptors (Lipinski definition) is 4. The number of carbonyl (C=O) groups is 1. The maximum Gasteiger partial charge on any atom is 0.317 e. The zero-order valence-corrected chi connectivity index (χ0v) is 11.3. The van der Waals surface area contributed by atoms with Crippen LogP contribution in [0.15, 0.2) is 4.52 Å². The van der Waals surface area contributed by atoms with E-state index >= 15 is 0 Å². The fourth-order valence-electron chi connectivity index (χ4n) is 2.52. The van der Waals surface area contributed by atoms with E-state index < -0.39 is 0 Å². The van der Waals surface area contributed by atoms with Crippen molar-refractivity contribution in [3.63, 3.8) is 0 Å². The number of amides is 2. The molecule has 2 aliphatic rings. The maximum absolute atomic E-state index is 11.9. The lowest BCUT2D eigenvalue weighted by Gasteiger charge is -2.31. The number of urea groups is 1. The van der Waals surface area contributed by atoms with Gasteiger partial charge in [0.15, 0.2) is 5.82 Å². The number of carbonyl (C=O) groups excluding carboxylic acids is 1. The third-order valence-corrected chi connectivity index (χ3v) is 3.85. The second kappa shape index (κ2) is 5.19. The molecule has 1 aromatic rings. The van der Waals surface area contributed by atoms with Crippen molar-refractivity contribution in [1.82, 2.24) is 20.4 Å². The van der Waals surface area contributed by atoms with E-state index in [1.807, 2.05) is 4.90 Å². The third kappa shape index (κ3) is 3.24. The topological polar surface area (TPSA) is 71.3 Å². The zero-order chi connectivity index (χ0) is 13.2. The molecule has 6 heteroatoms. The number of piperidine rings is 1. The lowest BCUT2D eigenvalue weighted by molar-refractivity contribution is 0.169. The number of aromatic nitrogens is 2. The second-order valence-electron chi connectivity index (χ2n) is 5.59. The molecule has 0 bridgehead atoms. The van der Waals surface area contributed by atoms with Crippen molar-refractivity contribution in [2.45, 2.75) is 45.1 Å². The number of nitrogens with one attached hydrogen (secondary N) is 1. The highest BCUT2D eigenvalue weighted by atomic mass is 16.5. The molecule has 1 aliphatic carbocycles. The minimum atomic E-state index is 0.108. The van der Waals surface area contributed by atoms with Crippen LogP contribution in [0.5, 0.6) is 0 Å². The van der Waals surface area contributed by atoms with Crippen molar-refractivity contribution in [3.05, 3.63) is 11.7 Å². The van der Waals surface area contributed by atoms with Crippen molar-refractivity contribution >= 4 is 6.03 Å². The van der Waals surface area contributed by atoms with E-state index in [1.54, 1.807) is 6.92 Å². The summed E-state index contributed by atoms with van der Waals surface area (Å²) in [4.78, 5) is 18.1. The standard InChI is InChI=1S/C13H20N4O2/c1-9-14-12(16-19-9)8-10-4-6-17(7-5-10)13(18)15-11-2-3-11/h10-11H,2-8H2,1H3,(H,15,18). The molecule has 0 radical (unpaired) electrons. The van der Waals surface area contributed by atoms with Crippen LogP contribution in [0.3, 0.4) is 0 Å². The molecule has 1 N–H and O–H groups in total. The summed E-state index contributed by atoms with van der Waals surface area (Å²) >= 11 is 0. The molecule has 2 amide bonds. The highest BCUT2D eigenvalue weighted by Crippen LogP contribution is 2.22. The maximum atomic E-state index is 11.9. The summed E-state index contributed by atoms with van der Waals surface area (Å²) in [6.45, 7) is 3.47. The Balaban J connectivity index is 1.44. The number of nitrogens with zero attached hydrogens (tertiary/aromatic N) is 3. The van der Waals surface area contributed by atoms with Crippen LogP contribution in [-0.4, -0.2) is 40.2 Å². The van der Waals surface area contributed by atoms with Crippen LogP contribution in [0.4, 0.5) is 4.79 Å². The van der Waals surface area contributed by atoms with Gasteiger partial charge < -0.3 is 14.7 Å². The third-order valence-electron chi connectivity index (χ3n) is 3.85. The molecule has 0 spiro atoms. The summed E-state index contributed by atoms with van der Waals surface area (Å²) in [5.74, 6) is 1.97. The molecule has 0 unspecified atom stereocenters. The van der Waals surface area contributed by atoms with Crippen molar-refractivity contribution in [3.8, 4) is 0 Å². The Labute approximate surface area is 112 Å². The Morgan fingerprint density at radius 3 is 2.68 bits per heavy atom. The van der Waals surface area contributed by atoms with Gasteiger partial charge in [-0.15, -0.1) is 0 Å². The van der Waals surface area contributed by atoms with Gasteiger partial charge in [-0.2, -0.15) is 4.98 Å². The van der Waals surface area contributed by atoms with E-state index in [-0.39, 0.29) is 6.03 Å². The Morgan fingerprint density at radius 1 is 1.37 bits per heavy atom. The van der Waals surface area contributed by atoms with E-state index in [2.05, 4.69) is 15.5 Å². The summed E-state index contributed by atoms with van der Waals surface area (Å²) < 4.78 is 4.98. The van der Waals surface area contributed by atoms with Gasteiger partial charge in [0.2, 0.25) is 5.89 Å². The first-order valence-corrected chi connectivity index (χ1v) is 7.05. The van der Waals surface area contributed by atoms with E-state index in [0.29, 0.717) is 17.9 Å². The molecular weight excluding hydrogens is 244 g/mol. The van der Waals surface area contributed by atoms with Gasteiger partial charge in [0.05, 0.1) is 0 Å². The molecule has 2 heterocycles. The van der Waals surface area contributed by atoms with Gasteiger partial charge >= 0.3 is 6.03 Å². The highest BCUT2D eigenvalue weighted by molar-refractivity contribution is 5.74. The monoisotopic (exact) mass is 264 g/mol. The average molecular weight is 264 g/mol. The van der Waals surface area contributed by atoms with Gasteiger partial charge in [0, 0.05) is 32.5 Å². The molecular formula is C13H20N4O2. The van der Waals surface area contributed by atoms with Crippen LogP contribution in [0.2, 0.25) is 0 Å². The van der Waals surface area contributed by atoms with Gasteiger partial charge in [-0.1, -0.05) is 5.16 Å². The molecule has 104 valence electrons. The van der Waals surface area contributed by atoms with Crippen LogP contribution in [0.1, 0.15) is 37.4 Å². The second-order valence-corrected chi connectivity index (χ2v) is 5.59. The van der Waals surface area contributed by atoms with Crippen molar-refractivity contribution in [2.75, 3.05) is 13.1 Å². The SMILES string of the molecule is Cc1nc(CC2CCN(C(=O)NC3CC3)CC2)no1. The van der Waals surface area contributed by atoms with Gasteiger partial charge in [0.25, 0.3) is 0 Å². The van der Waals surface area contributed by atoms with Crippen LogP contribution in [0, 0.1) is 12.8 Å². The van der Waals surface area contributed by atoms with Crippen LogP contribution in [0.25, 0.3) is 0 Å². The Bertz CT molecular complexity index is 447. The normalized spacial score (nSPS) is 20.6. The number of rotatable bonds is 3. The summed E-state index contributed by atoms with van der Waals surface area (Å²) in [6, 6.07) is 0.545. The average Bonchev–Trinajstić information content (AvgIpc) is 3.12. The largest absolute Gasteiger partial charge is 0.340 e. The first-order chi connectivity index (χ1) is 9.20. The minimum absolute atomic E-state index is 0.108. The quantitative estimate of drug-likeness (QED) is 0.898. The minimum Gasteiger partial charge on any atom is -0.340 e. The van der Waals surface area contributed by atoms with Gasteiger partial charge in [-0.05, 0) is 31.6 Å². The summed E-state index contributed by atoms with van der Waals surface area (Å²) in [5, 5.41) is 6.97. The first kappa shape index (κ1) is 12.4. The van der Waals surface area contributed by atoms with Gasteiger partial charge in [-0.25, -0.2) is 4.79 Å². The molecule has 0 aromatic carbocycles. The Kier molecular flexibility index (Phi) is 3.40. The molecule has 0 atom stereocenters. The first-order valence-electron chi connectivity index (χ1n) is 7.05. The molecule has 1 aromatic heterocycles. The molecule has 3 rings (SSSR count). The molecule has 2 fully saturated rings. The van der Waals surface area contributed by atoms with E-state index in [0.717, 1.165) is 51.0 Å². The summed E-state index contributed by atoms with van der Waals surface area (Å²) in [7, 11) is 0. The fourth-order valence-corrected chi connectivity index (χ4v) is 2.52. The molecule has 19 heavy (non-hydrogen) atoms. The Morgan fingerprint density at radius 2 is 2.11 bits per heavy atom. The Hall–Kier alpha value is -1.59. The summed E-state index contributed by atoms with van der Waals surface area (Å²) in [6.07, 6.45) is 5.17. The van der Waals surface area contributed by atoms with Crippen molar-refractivity contribution in [2.24, 2.45) is 5.92 Å². The zero-order valence-electron chi connectivity index (χ0n) is 11.3. The molecule has 1 saturated heterocycles. The van der Waals surface area contributed by atoms with Crippen molar-refractivity contribution in [1.29, 1.82) is 0 Å². The lowest BCUT2D eigenvalue weighted by atomic mass is 9.93. The fraction of sp³-hybridized carbons (Fsp3) is 0.769. The van der Waals surface area contributed by atoms with Gasteiger partial charge in [0.1, 0.15) is 0 Å². The van der Waals surface area contributed by atoms with Gasteiger partial charge in [-0.3, -0.25) is 0 Å². The van der Waals surface area contributed by atoms with Crippen LogP contribution < -0.4 is 5.32 Å². The van der Waals surface area contributed by atoms with Crippen LogP contribution in [-0.2, 0) is 6.42 Å². The number of likely N-dealkylation sites (tertiary alicyclic amines) is 1. The van der Waals surface area contributed by atoms with E-state index in [9.17, 15) is 4.79 Å². The predicted molar refractivity (Wildman–Crippen MR) is 68.6 cm³/mol. The smallest absolute Gasteiger partial charge is 0.317 e. The van der Waals surface area contributed by atoms with Crippen molar-refractivity contribution < 1.29 is 9.32 Å².